The second-order valence-electron chi connectivity index (χ2n) is 12.8. The summed E-state index contributed by atoms with van der Waals surface area (Å²) < 4.78 is 71.2. The summed E-state index contributed by atoms with van der Waals surface area (Å²) in [7, 11) is 0. The van der Waals surface area contributed by atoms with E-state index in [9.17, 15) is 41.8 Å². The minimum absolute atomic E-state index is 0.0101. The van der Waals surface area contributed by atoms with E-state index in [1.54, 1.807) is 0 Å². The number of pyridine rings is 2. The molecule has 0 spiro atoms. The topological polar surface area (TPSA) is 148 Å². The fraction of sp³-hybridized carbons (Fsp3) is 0.294. The van der Waals surface area contributed by atoms with E-state index in [0.717, 1.165) is 18.3 Å². The summed E-state index contributed by atoms with van der Waals surface area (Å²) in [4.78, 5) is 48.8. The molecule has 2 aromatic heterocycles. The van der Waals surface area contributed by atoms with Crippen molar-refractivity contribution in [1.29, 1.82) is 0 Å². The number of fused-ring (bicyclic) bond motifs is 3. The molecule has 0 radical (unpaired) electrons. The number of allylic oxidation sites excluding steroid dienone is 2. The van der Waals surface area contributed by atoms with Crippen LogP contribution in [0.5, 0.6) is 0 Å². The van der Waals surface area contributed by atoms with Crippen LogP contribution in [-0.4, -0.2) is 62.3 Å². The van der Waals surface area contributed by atoms with Crippen LogP contribution in [-0.2, 0) is 0 Å². The smallest absolute Gasteiger partial charge is 0.341 e. The number of rotatable bonds is 5. The van der Waals surface area contributed by atoms with Crippen molar-refractivity contribution in [3.63, 3.8) is 0 Å². The lowest BCUT2D eigenvalue weighted by Crippen LogP contribution is -2.46. The fourth-order valence-electron chi connectivity index (χ4n) is 6.63. The number of nitrogens with zero attached hydrogens (tertiary/aromatic N) is 3. The Morgan fingerprint density at radius 2 is 1.27 bits per heavy atom. The van der Waals surface area contributed by atoms with Crippen LogP contribution in [0.25, 0.3) is 21.8 Å². The maximum atomic E-state index is 15.0. The third-order valence-electron chi connectivity index (χ3n) is 9.49. The Bertz CT molecular complexity index is 2290. The minimum atomic E-state index is -1.49. The van der Waals surface area contributed by atoms with Gasteiger partial charge in [0.25, 0.3) is 0 Å². The number of carboxylic acids is 2. The van der Waals surface area contributed by atoms with Crippen LogP contribution in [0.4, 0.5) is 27.6 Å². The maximum absolute atomic E-state index is 15.0. The number of aromatic carboxylic acids is 2. The molecule has 4 aromatic rings. The molecule has 3 fully saturated rings. The van der Waals surface area contributed by atoms with Gasteiger partial charge in [-0.2, -0.15) is 0 Å². The maximum Gasteiger partial charge on any atom is 0.341 e. The molecule has 4 aliphatic rings. The van der Waals surface area contributed by atoms with Gasteiger partial charge < -0.3 is 30.0 Å². The monoisotopic (exact) mass is 682 g/mol. The summed E-state index contributed by atoms with van der Waals surface area (Å²) in [5.41, 5.74) is 3.66. The number of halogens is 5. The molecule has 2 saturated carbocycles. The lowest BCUT2D eigenvalue weighted by Gasteiger charge is -2.26. The minimum Gasteiger partial charge on any atom is -0.477 e. The van der Waals surface area contributed by atoms with Crippen molar-refractivity contribution < 1.29 is 41.8 Å². The van der Waals surface area contributed by atoms with Crippen LogP contribution in [0.2, 0.25) is 0 Å². The van der Waals surface area contributed by atoms with E-state index >= 15 is 4.39 Å². The quantitative estimate of drug-likeness (QED) is 0.258. The fourth-order valence-corrected chi connectivity index (χ4v) is 6.63. The van der Waals surface area contributed by atoms with Crippen LogP contribution in [0.1, 0.15) is 45.6 Å². The molecular formula is C34H27F5N4O6. The molecular weight excluding hydrogens is 655 g/mol. The van der Waals surface area contributed by atoms with Gasteiger partial charge in [-0.3, -0.25) is 9.59 Å². The molecule has 2 unspecified atom stereocenters. The van der Waals surface area contributed by atoms with Crippen molar-refractivity contribution in [2.75, 3.05) is 18.0 Å². The number of benzene rings is 2. The molecule has 0 bridgehead atoms. The van der Waals surface area contributed by atoms with E-state index < -0.39 is 81.3 Å². The molecule has 2 aromatic carbocycles. The highest BCUT2D eigenvalue weighted by Gasteiger charge is 2.43. The third-order valence-corrected chi connectivity index (χ3v) is 9.49. The first-order valence-electron chi connectivity index (χ1n) is 15.3. The Kier molecular flexibility index (Phi) is 7.50. The lowest BCUT2D eigenvalue weighted by molar-refractivity contribution is 0.0684. The molecule has 49 heavy (non-hydrogen) atoms. The highest BCUT2D eigenvalue weighted by atomic mass is 19.2. The summed E-state index contributed by atoms with van der Waals surface area (Å²) in [5.74, 6) is -5.95. The molecule has 15 heteroatoms. The number of carbonyl (C=O) groups is 2. The summed E-state index contributed by atoms with van der Waals surface area (Å²) in [5, 5.41) is 18.0. The Balaban J connectivity index is 0.000000166. The molecule has 3 heterocycles. The van der Waals surface area contributed by atoms with E-state index in [2.05, 4.69) is 0 Å². The summed E-state index contributed by atoms with van der Waals surface area (Å²) in [6, 6.07) is 2.79. The number of anilines is 1. The molecule has 8 rings (SSSR count). The van der Waals surface area contributed by atoms with Crippen molar-refractivity contribution in [2.24, 2.45) is 11.7 Å². The highest BCUT2D eigenvalue weighted by Crippen LogP contribution is 2.43. The normalized spacial score (nSPS) is 26.4. The van der Waals surface area contributed by atoms with Crippen molar-refractivity contribution >= 4 is 39.4 Å². The van der Waals surface area contributed by atoms with Gasteiger partial charge in [0.05, 0.1) is 34.3 Å². The van der Waals surface area contributed by atoms with E-state index in [-0.39, 0.29) is 40.7 Å². The molecule has 0 amide bonds. The molecule has 10 nitrogen and oxygen atoms in total. The number of nitrogens with two attached hydrogens (primary N) is 1. The molecule has 254 valence electrons. The lowest BCUT2D eigenvalue weighted by atomic mass is 9.85. The van der Waals surface area contributed by atoms with Gasteiger partial charge in [0, 0.05) is 61.1 Å². The number of aromatic nitrogens is 2. The van der Waals surface area contributed by atoms with E-state index in [1.165, 1.54) is 21.4 Å². The second kappa shape index (κ2) is 11.4. The number of alkyl halides is 2. The number of hydrogen-bond acceptors (Lipinski definition) is 6. The van der Waals surface area contributed by atoms with Gasteiger partial charge in [-0.1, -0.05) is 24.3 Å². The SMILES string of the molecule is NC12C=CC=CC1CN(c1cc3c(cc1F)c(=O)c(C(=O)O)cn3[C@@H]1C[C@@H]1F)C2.O=C(O)c1cn([C@@H]2C[C@@H]2F)c2cc(F)c(F)cc2c1=O. The molecule has 1 aliphatic heterocycles. The van der Waals surface area contributed by atoms with Crippen LogP contribution in [0.3, 0.4) is 0 Å². The van der Waals surface area contributed by atoms with Crippen LogP contribution in [0.15, 0.2) is 70.6 Å². The van der Waals surface area contributed by atoms with Gasteiger partial charge in [0.15, 0.2) is 11.6 Å². The second-order valence-corrected chi connectivity index (χ2v) is 12.8. The van der Waals surface area contributed by atoms with Crippen molar-refractivity contribution in [3.05, 3.63) is 110 Å². The Labute approximate surface area is 272 Å². The average Bonchev–Trinajstić information content (AvgIpc) is 3.93. The summed E-state index contributed by atoms with van der Waals surface area (Å²) in [6.45, 7) is 0.903. The number of carboxylic acid groups (broad SMARTS) is 2. The molecule has 4 N–H and O–H groups in total. The van der Waals surface area contributed by atoms with Gasteiger partial charge in [0.2, 0.25) is 10.9 Å². The first-order valence-corrected chi connectivity index (χ1v) is 15.3. The molecule has 6 atom stereocenters. The highest BCUT2D eigenvalue weighted by molar-refractivity contribution is 5.94. The summed E-state index contributed by atoms with van der Waals surface area (Å²) in [6.07, 6.45) is 7.91. The zero-order valence-corrected chi connectivity index (χ0v) is 25.3. The van der Waals surface area contributed by atoms with Gasteiger partial charge in [-0.25, -0.2) is 31.5 Å². The number of hydrogen-bond donors (Lipinski definition) is 3. The zero-order chi connectivity index (χ0) is 35.1. The van der Waals surface area contributed by atoms with Gasteiger partial charge in [-0.15, -0.1) is 0 Å². The van der Waals surface area contributed by atoms with Crippen LogP contribution in [0, 0.1) is 23.4 Å². The average molecular weight is 683 g/mol. The van der Waals surface area contributed by atoms with Gasteiger partial charge in [0.1, 0.15) is 29.3 Å². The standard InChI is InChI=1S/C21H19F2N3O3.C13H8F3NO3/c22-14-5-12-16(26(18-6-15(18)23)9-13(19(12)27)20(28)29)7-17(14)25-8-11-3-1-2-4-21(11,24)10-25;14-7-1-5-10(2-8(7)15)17(11-3-9(11)16)4-6(12(5)18)13(19)20/h1-5,7,9,11,15,18H,6,8,10,24H2,(H,28,29);1-2,4,9,11H,3H2,(H,19,20)/t11?,15-,18+,21?;9-,11+/m00/s1. The van der Waals surface area contributed by atoms with Gasteiger partial charge in [-0.05, 0) is 18.2 Å². The predicted octanol–water partition coefficient (Wildman–Crippen LogP) is 4.64. The third kappa shape index (κ3) is 5.47. The first kappa shape index (κ1) is 32.2. The Morgan fingerprint density at radius 1 is 0.776 bits per heavy atom. The van der Waals surface area contributed by atoms with Crippen LogP contribution < -0.4 is 21.5 Å². The van der Waals surface area contributed by atoms with Gasteiger partial charge >= 0.3 is 11.9 Å². The largest absolute Gasteiger partial charge is 0.477 e. The Hall–Kier alpha value is -5.31. The predicted molar refractivity (Wildman–Crippen MR) is 168 cm³/mol. The van der Waals surface area contributed by atoms with E-state index in [1.807, 2.05) is 29.2 Å². The van der Waals surface area contributed by atoms with Crippen molar-refractivity contribution in [2.45, 2.75) is 42.8 Å². The molecule has 3 aliphatic carbocycles. The van der Waals surface area contributed by atoms with E-state index in [0.29, 0.717) is 24.7 Å². The van der Waals surface area contributed by atoms with Crippen LogP contribution >= 0.6 is 0 Å². The summed E-state index contributed by atoms with van der Waals surface area (Å²) >= 11 is 0. The van der Waals surface area contributed by atoms with Crippen molar-refractivity contribution in [3.8, 4) is 0 Å². The Morgan fingerprint density at radius 3 is 1.76 bits per heavy atom. The molecule has 1 saturated heterocycles. The first-order chi connectivity index (χ1) is 23.2. The zero-order valence-electron chi connectivity index (χ0n) is 25.3. The van der Waals surface area contributed by atoms with Crippen molar-refractivity contribution in [1.82, 2.24) is 9.13 Å². The van der Waals surface area contributed by atoms with E-state index in [4.69, 9.17) is 10.8 Å².